The standard InChI is InChI=1S/C13H15F3N2O2S/c1-12(7-20-8-12)6-17-11(19)18-9-3-2-4-10(5-9)21-13(14,15)16/h2-5H,6-8H2,1H3,(H2,17,18,19). The minimum absolute atomic E-state index is 0.0275. The van der Waals surface area contributed by atoms with Crippen LogP contribution in [0.2, 0.25) is 0 Å². The van der Waals surface area contributed by atoms with Crippen molar-refractivity contribution in [3.05, 3.63) is 24.3 Å². The lowest BCUT2D eigenvalue weighted by atomic mass is 9.89. The number of benzene rings is 1. The molecule has 1 aliphatic heterocycles. The van der Waals surface area contributed by atoms with Gasteiger partial charge in [-0.3, -0.25) is 0 Å². The fourth-order valence-corrected chi connectivity index (χ4v) is 2.39. The summed E-state index contributed by atoms with van der Waals surface area (Å²) >= 11 is -0.216. The monoisotopic (exact) mass is 320 g/mol. The molecule has 1 aromatic carbocycles. The van der Waals surface area contributed by atoms with Crippen LogP contribution in [-0.4, -0.2) is 31.3 Å². The lowest BCUT2D eigenvalue weighted by Crippen LogP contribution is -2.49. The van der Waals surface area contributed by atoms with Gasteiger partial charge >= 0.3 is 11.5 Å². The van der Waals surface area contributed by atoms with Crippen LogP contribution in [0.15, 0.2) is 29.2 Å². The van der Waals surface area contributed by atoms with Gasteiger partial charge in [-0.1, -0.05) is 13.0 Å². The van der Waals surface area contributed by atoms with Gasteiger partial charge in [0.15, 0.2) is 0 Å². The molecule has 8 heteroatoms. The number of hydrogen-bond acceptors (Lipinski definition) is 3. The summed E-state index contributed by atoms with van der Waals surface area (Å²) in [4.78, 5) is 11.7. The van der Waals surface area contributed by atoms with Crippen LogP contribution in [0.25, 0.3) is 0 Å². The number of halogens is 3. The van der Waals surface area contributed by atoms with Gasteiger partial charge in [-0.2, -0.15) is 13.2 Å². The van der Waals surface area contributed by atoms with E-state index in [4.69, 9.17) is 4.74 Å². The maximum atomic E-state index is 12.3. The van der Waals surface area contributed by atoms with E-state index < -0.39 is 11.5 Å². The van der Waals surface area contributed by atoms with Gasteiger partial charge < -0.3 is 15.4 Å². The van der Waals surface area contributed by atoms with Crippen LogP contribution in [-0.2, 0) is 4.74 Å². The number of rotatable bonds is 4. The normalized spacial score (nSPS) is 17.0. The number of amides is 2. The number of thioether (sulfide) groups is 1. The molecule has 0 bridgehead atoms. The predicted octanol–water partition coefficient (Wildman–Crippen LogP) is 3.46. The first kappa shape index (κ1) is 16.0. The molecule has 0 spiro atoms. The van der Waals surface area contributed by atoms with Crippen molar-refractivity contribution in [2.24, 2.45) is 5.41 Å². The zero-order chi connectivity index (χ0) is 15.5. The van der Waals surface area contributed by atoms with Crippen molar-refractivity contribution in [2.75, 3.05) is 25.1 Å². The zero-order valence-corrected chi connectivity index (χ0v) is 12.1. The number of nitrogens with one attached hydrogen (secondary N) is 2. The molecule has 1 fully saturated rings. The van der Waals surface area contributed by atoms with Crippen LogP contribution in [0.5, 0.6) is 0 Å². The Hall–Kier alpha value is -1.41. The van der Waals surface area contributed by atoms with E-state index in [1.807, 2.05) is 6.92 Å². The SMILES string of the molecule is CC1(CNC(=O)Nc2cccc(SC(F)(F)F)c2)COC1. The molecule has 0 aliphatic carbocycles. The highest BCUT2D eigenvalue weighted by atomic mass is 32.2. The summed E-state index contributed by atoms with van der Waals surface area (Å²) in [7, 11) is 0. The number of carbonyl (C=O) groups excluding carboxylic acids is 1. The fourth-order valence-electron chi connectivity index (χ4n) is 1.79. The van der Waals surface area contributed by atoms with Gasteiger partial charge in [-0.25, -0.2) is 4.79 Å². The largest absolute Gasteiger partial charge is 0.446 e. The summed E-state index contributed by atoms with van der Waals surface area (Å²) < 4.78 is 41.9. The Bertz CT molecular complexity index is 518. The van der Waals surface area contributed by atoms with Gasteiger partial charge in [0, 0.05) is 22.5 Å². The van der Waals surface area contributed by atoms with Crippen LogP contribution in [0.1, 0.15) is 6.92 Å². The molecule has 1 saturated heterocycles. The summed E-state index contributed by atoms with van der Waals surface area (Å²) in [5.41, 5.74) is -4.10. The third-order valence-electron chi connectivity index (χ3n) is 2.90. The third kappa shape index (κ3) is 5.13. The molecule has 0 atom stereocenters. The molecule has 0 saturated carbocycles. The van der Waals surface area contributed by atoms with Crippen molar-refractivity contribution in [2.45, 2.75) is 17.3 Å². The first-order chi connectivity index (χ1) is 9.76. The number of carbonyl (C=O) groups is 1. The molecule has 1 aromatic rings. The smallest absolute Gasteiger partial charge is 0.380 e. The van der Waals surface area contributed by atoms with Gasteiger partial charge in [0.1, 0.15) is 0 Å². The van der Waals surface area contributed by atoms with E-state index in [0.29, 0.717) is 25.4 Å². The lowest BCUT2D eigenvalue weighted by Gasteiger charge is -2.37. The molecule has 0 radical (unpaired) electrons. The van der Waals surface area contributed by atoms with E-state index in [9.17, 15) is 18.0 Å². The molecule has 116 valence electrons. The summed E-state index contributed by atoms with van der Waals surface area (Å²) in [6.45, 7) is 3.61. The van der Waals surface area contributed by atoms with Gasteiger partial charge in [0.25, 0.3) is 0 Å². The first-order valence-electron chi connectivity index (χ1n) is 6.24. The second-order valence-electron chi connectivity index (χ2n) is 5.19. The van der Waals surface area contributed by atoms with E-state index in [-0.39, 0.29) is 22.1 Å². The molecule has 0 unspecified atom stereocenters. The van der Waals surface area contributed by atoms with Gasteiger partial charge in [0.2, 0.25) is 0 Å². The van der Waals surface area contributed by atoms with Gasteiger partial charge in [0.05, 0.1) is 13.2 Å². The molecule has 1 aliphatic rings. The molecule has 2 rings (SSSR count). The van der Waals surface area contributed by atoms with Crippen LogP contribution in [0.3, 0.4) is 0 Å². The minimum Gasteiger partial charge on any atom is -0.380 e. The van der Waals surface area contributed by atoms with Crippen molar-refractivity contribution in [1.82, 2.24) is 5.32 Å². The van der Waals surface area contributed by atoms with E-state index in [1.165, 1.54) is 24.3 Å². The van der Waals surface area contributed by atoms with Gasteiger partial charge in [-0.05, 0) is 30.0 Å². The Morgan fingerprint density at radius 1 is 1.43 bits per heavy atom. The number of urea groups is 1. The number of hydrogen-bond donors (Lipinski definition) is 2. The Morgan fingerprint density at radius 2 is 2.14 bits per heavy atom. The molecule has 21 heavy (non-hydrogen) atoms. The van der Waals surface area contributed by atoms with Crippen molar-refractivity contribution in [3.8, 4) is 0 Å². The zero-order valence-electron chi connectivity index (χ0n) is 11.3. The second kappa shape index (κ2) is 6.15. The van der Waals surface area contributed by atoms with E-state index in [0.717, 1.165) is 0 Å². The van der Waals surface area contributed by atoms with E-state index in [1.54, 1.807) is 0 Å². The average Bonchev–Trinajstić information content (AvgIpc) is 2.32. The lowest BCUT2D eigenvalue weighted by molar-refractivity contribution is -0.0974. The maximum absolute atomic E-state index is 12.3. The molecular formula is C13H15F3N2O2S. The number of alkyl halides is 3. The fraction of sp³-hybridized carbons (Fsp3) is 0.462. The highest BCUT2D eigenvalue weighted by Crippen LogP contribution is 2.37. The Kier molecular flexibility index (Phi) is 4.67. The van der Waals surface area contributed by atoms with E-state index in [2.05, 4.69) is 10.6 Å². The Morgan fingerprint density at radius 3 is 2.71 bits per heavy atom. The van der Waals surface area contributed by atoms with Crippen LogP contribution < -0.4 is 10.6 Å². The summed E-state index contributed by atoms with van der Waals surface area (Å²) in [5.74, 6) is 0. The van der Waals surface area contributed by atoms with Crippen molar-refractivity contribution < 1.29 is 22.7 Å². The highest BCUT2D eigenvalue weighted by molar-refractivity contribution is 8.00. The van der Waals surface area contributed by atoms with Crippen LogP contribution in [0.4, 0.5) is 23.7 Å². The highest BCUT2D eigenvalue weighted by Gasteiger charge is 2.33. The topological polar surface area (TPSA) is 50.4 Å². The Balaban J connectivity index is 1.87. The number of ether oxygens (including phenoxy) is 1. The first-order valence-corrected chi connectivity index (χ1v) is 7.06. The Labute approximate surface area is 124 Å². The maximum Gasteiger partial charge on any atom is 0.446 e. The molecular weight excluding hydrogens is 305 g/mol. The predicted molar refractivity (Wildman–Crippen MR) is 74.3 cm³/mol. The van der Waals surface area contributed by atoms with E-state index >= 15 is 0 Å². The molecule has 2 N–H and O–H groups in total. The summed E-state index contributed by atoms with van der Waals surface area (Å²) in [6.07, 6.45) is 0. The minimum atomic E-state index is -4.35. The molecule has 4 nitrogen and oxygen atoms in total. The van der Waals surface area contributed by atoms with Gasteiger partial charge in [-0.15, -0.1) is 0 Å². The quantitative estimate of drug-likeness (QED) is 0.835. The molecule has 1 heterocycles. The molecule has 2 amide bonds. The summed E-state index contributed by atoms with van der Waals surface area (Å²) in [6, 6.07) is 5.18. The average molecular weight is 320 g/mol. The third-order valence-corrected chi connectivity index (χ3v) is 3.62. The summed E-state index contributed by atoms with van der Waals surface area (Å²) in [5, 5.41) is 5.20. The van der Waals surface area contributed by atoms with Crippen LogP contribution >= 0.6 is 11.8 Å². The van der Waals surface area contributed by atoms with Crippen molar-refractivity contribution in [1.29, 1.82) is 0 Å². The molecule has 0 aromatic heterocycles. The van der Waals surface area contributed by atoms with Crippen molar-refractivity contribution >= 4 is 23.5 Å². The van der Waals surface area contributed by atoms with Crippen LogP contribution in [0, 0.1) is 5.41 Å². The second-order valence-corrected chi connectivity index (χ2v) is 6.33. The number of anilines is 1. The van der Waals surface area contributed by atoms with Crippen molar-refractivity contribution in [3.63, 3.8) is 0 Å².